The van der Waals surface area contributed by atoms with Crippen molar-refractivity contribution in [2.24, 2.45) is 0 Å². The fourth-order valence-electron chi connectivity index (χ4n) is 2.44. The highest BCUT2D eigenvalue weighted by Crippen LogP contribution is 2.40. The lowest BCUT2D eigenvalue weighted by molar-refractivity contribution is -0.383. The van der Waals surface area contributed by atoms with Crippen LogP contribution < -0.4 is 0 Å². The number of phenolic OH excluding ortho intramolecular Hbond substituents is 2. The maximum absolute atomic E-state index is 11.1. The van der Waals surface area contributed by atoms with Gasteiger partial charge in [-0.05, 0) is 24.3 Å². The van der Waals surface area contributed by atoms with Gasteiger partial charge in [0.1, 0.15) is 11.5 Å². The van der Waals surface area contributed by atoms with E-state index in [9.17, 15) is 30.4 Å². The highest BCUT2D eigenvalue weighted by Gasteiger charge is 2.20. The molecule has 0 fully saturated rings. The molecule has 3 rings (SSSR count). The molecule has 0 saturated heterocycles. The normalized spacial score (nSPS) is 10.9. The average Bonchev–Trinajstić information content (AvgIpc) is 2.46. The van der Waals surface area contributed by atoms with Crippen molar-refractivity contribution >= 4 is 32.9 Å². The zero-order valence-corrected chi connectivity index (χ0v) is 10.9. The third kappa shape index (κ3) is 1.85. The quantitative estimate of drug-likeness (QED) is 0.425. The Kier molecular flexibility index (Phi) is 2.81. The number of nitro groups is 2. The highest BCUT2D eigenvalue weighted by atomic mass is 16.6. The molecule has 0 spiro atoms. The third-order valence-electron chi connectivity index (χ3n) is 3.45. The third-order valence-corrected chi connectivity index (χ3v) is 3.45. The molecule has 0 aliphatic rings. The van der Waals surface area contributed by atoms with E-state index in [1.54, 1.807) is 0 Å². The van der Waals surface area contributed by atoms with Gasteiger partial charge in [0.25, 0.3) is 11.4 Å². The molecule has 0 aromatic heterocycles. The van der Waals surface area contributed by atoms with Crippen LogP contribution in [-0.4, -0.2) is 20.1 Å². The smallest absolute Gasteiger partial charge is 0.277 e. The molecule has 0 bridgehead atoms. The largest absolute Gasteiger partial charge is 0.507 e. The Labute approximate surface area is 122 Å². The van der Waals surface area contributed by atoms with Crippen molar-refractivity contribution in [2.75, 3.05) is 0 Å². The molecular weight excluding hydrogens is 292 g/mol. The van der Waals surface area contributed by atoms with Gasteiger partial charge in [-0.1, -0.05) is 0 Å². The Morgan fingerprint density at radius 1 is 0.682 bits per heavy atom. The van der Waals surface area contributed by atoms with Crippen molar-refractivity contribution in [3.63, 3.8) is 0 Å². The summed E-state index contributed by atoms with van der Waals surface area (Å²) in [6.07, 6.45) is 0. The number of non-ortho nitro benzene ring substituents is 2. The topological polar surface area (TPSA) is 127 Å². The molecule has 3 aromatic carbocycles. The molecule has 0 aliphatic heterocycles. The molecule has 110 valence electrons. The van der Waals surface area contributed by atoms with E-state index in [2.05, 4.69) is 0 Å². The zero-order valence-electron chi connectivity index (χ0n) is 10.9. The molecule has 0 aliphatic carbocycles. The molecule has 0 amide bonds. The number of nitro benzene ring substituents is 2. The molecular formula is C14H8N2O6. The molecule has 8 heteroatoms. The molecule has 0 radical (unpaired) electrons. The summed E-state index contributed by atoms with van der Waals surface area (Å²) < 4.78 is 0. The van der Waals surface area contributed by atoms with Crippen LogP contribution >= 0.6 is 0 Å². The molecule has 0 unspecified atom stereocenters. The summed E-state index contributed by atoms with van der Waals surface area (Å²) >= 11 is 0. The van der Waals surface area contributed by atoms with E-state index in [0.29, 0.717) is 0 Å². The van der Waals surface area contributed by atoms with Crippen LogP contribution in [0.5, 0.6) is 11.5 Å². The number of aromatic hydroxyl groups is 2. The van der Waals surface area contributed by atoms with Gasteiger partial charge in [0.15, 0.2) is 0 Å². The summed E-state index contributed by atoms with van der Waals surface area (Å²) in [5.74, 6) is -0.429. The van der Waals surface area contributed by atoms with E-state index in [-0.39, 0.29) is 44.4 Å². The Balaban J connectivity index is 2.57. The molecule has 3 aromatic rings. The summed E-state index contributed by atoms with van der Waals surface area (Å²) in [5, 5.41) is 42.3. The molecule has 8 nitrogen and oxygen atoms in total. The van der Waals surface area contributed by atoms with Crippen molar-refractivity contribution in [2.45, 2.75) is 0 Å². The first-order valence-electron chi connectivity index (χ1n) is 6.10. The number of hydrogen-bond acceptors (Lipinski definition) is 6. The van der Waals surface area contributed by atoms with Gasteiger partial charge < -0.3 is 10.2 Å². The van der Waals surface area contributed by atoms with Gasteiger partial charge in [0.05, 0.1) is 20.6 Å². The summed E-state index contributed by atoms with van der Waals surface area (Å²) in [4.78, 5) is 20.9. The van der Waals surface area contributed by atoms with Crippen LogP contribution in [0.3, 0.4) is 0 Å². The SMILES string of the molecule is O=[N+]([O-])c1ccc(O)c2cc3c(O)ccc([N+](=O)[O-])c3cc12. The summed E-state index contributed by atoms with van der Waals surface area (Å²) in [7, 11) is 0. The van der Waals surface area contributed by atoms with E-state index in [4.69, 9.17) is 0 Å². The molecule has 0 saturated carbocycles. The minimum Gasteiger partial charge on any atom is -0.507 e. The van der Waals surface area contributed by atoms with E-state index in [1.165, 1.54) is 24.3 Å². The Hall–Kier alpha value is -3.42. The second-order valence-corrected chi connectivity index (χ2v) is 4.67. The second kappa shape index (κ2) is 4.55. The van der Waals surface area contributed by atoms with Gasteiger partial charge in [-0.15, -0.1) is 0 Å². The summed E-state index contributed by atoms with van der Waals surface area (Å²) in [6, 6.07) is 7.12. The van der Waals surface area contributed by atoms with Crippen molar-refractivity contribution in [3.05, 3.63) is 56.6 Å². The predicted octanol–water partition coefficient (Wildman–Crippen LogP) is 3.22. The van der Waals surface area contributed by atoms with Crippen LogP contribution in [-0.2, 0) is 0 Å². The Bertz CT molecular complexity index is 892. The highest BCUT2D eigenvalue weighted by molar-refractivity contribution is 6.09. The van der Waals surface area contributed by atoms with E-state index in [1.807, 2.05) is 0 Å². The van der Waals surface area contributed by atoms with Gasteiger partial charge in [0, 0.05) is 22.9 Å². The lowest BCUT2D eigenvalue weighted by atomic mass is 10.00. The van der Waals surface area contributed by atoms with E-state index < -0.39 is 9.85 Å². The van der Waals surface area contributed by atoms with Crippen molar-refractivity contribution in [3.8, 4) is 11.5 Å². The number of rotatable bonds is 2. The number of phenols is 2. The molecule has 2 N–H and O–H groups in total. The van der Waals surface area contributed by atoms with Crippen LogP contribution in [0.1, 0.15) is 0 Å². The van der Waals surface area contributed by atoms with E-state index in [0.717, 1.165) is 12.1 Å². The minimum atomic E-state index is -0.637. The van der Waals surface area contributed by atoms with Crippen LogP contribution in [0, 0.1) is 20.2 Å². The fraction of sp³-hybridized carbons (Fsp3) is 0. The molecule has 0 heterocycles. The Morgan fingerprint density at radius 2 is 1.05 bits per heavy atom. The first-order valence-corrected chi connectivity index (χ1v) is 6.10. The number of hydrogen-bond donors (Lipinski definition) is 2. The fourth-order valence-corrected chi connectivity index (χ4v) is 2.44. The average molecular weight is 300 g/mol. The Morgan fingerprint density at radius 3 is 1.41 bits per heavy atom. The lowest BCUT2D eigenvalue weighted by Crippen LogP contribution is -1.92. The maximum atomic E-state index is 11.1. The first kappa shape index (κ1) is 13.6. The number of nitrogens with zero attached hydrogens (tertiary/aromatic N) is 2. The minimum absolute atomic E-state index is 0.0613. The van der Waals surface area contributed by atoms with Gasteiger partial charge in [-0.2, -0.15) is 0 Å². The number of benzene rings is 3. The van der Waals surface area contributed by atoms with Crippen LogP contribution in [0.2, 0.25) is 0 Å². The maximum Gasteiger partial charge on any atom is 0.277 e. The predicted molar refractivity (Wildman–Crippen MR) is 78.1 cm³/mol. The molecule has 22 heavy (non-hydrogen) atoms. The molecule has 0 atom stereocenters. The van der Waals surface area contributed by atoms with Crippen molar-refractivity contribution in [1.29, 1.82) is 0 Å². The van der Waals surface area contributed by atoms with Crippen molar-refractivity contribution in [1.82, 2.24) is 0 Å². The van der Waals surface area contributed by atoms with E-state index >= 15 is 0 Å². The van der Waals surface area contributed by atoms with Crippen LogP contribution in [0.4, 0.5) is 11.4 Å². The van der Waals surface area contributed by atoms with Crippen molar-refractivity contribution < 1.29 is 20.1 Å². The van der Waals surface area contributed by atoms with Gasteiger partial charge in [0.2, 0.25) is 0 Å². The van der Waals surface area contributed by atoms with Gasteiger partial charge in [-0.25, -0.2) is 0 Å². The van der Waals surface area contributed by atoms with Crippen LogP contribution in [0.25, 0.3) is 21.5 Å². The lowest BCUT2D eigenvalue weighted by Gasteiger charge is -2.07. The number of fused-ring (bicyclic) bond motifs is 2. The summed E-state index contributed by atoms with van der Waals surface area (Å²) in [5.41, 5.74) is -0.570. The zero-order chi connectivity index (χ0) is 16.0. The summed E-state index contributed by atoms with van der Waals surface area (Å²) in [6.45, 7) is 0. The van der Waals surface area contributed by atoms with Gasteiger partial charge >= 0.3 is 0 Å². The van der Waals surface area contributed by atoms with Crippen LogP contribution in [0.15, 0.2) is 36.4 Å². The van der Waals surface area contributed by atoms with Gasteiger partial charge in [-0.3, -0.25) is 20.2 Å². The monoisotopic (exact) mass is 300 g/mol. The first-order chi connectivity index (χ1) is 10.4. The standard InChI is InChI=1S/C14H8N2O6/c17-13-3-1-11(15(19)20)7-5-8-10(6-9(7)13)14(18)4-2-12(8)16(21)22/h1-6,17-18H. The second-order valence-electron chi connectivity index (χ2n) is 4.67.